The summed E-state index contributed by atoms with van der Waals surface area (Å²) in [6.07, 6.45) is 4.39. The molecule has 1 unspecified atom stereocenters. The summed E-state index contributed by atoms with van der Waals surface area (Å²) in [5.41, 5.74) is 5.36. The van der Waals surface area contributed by atoms with E-state index in [2.05, 4.69) is 10.3 Å². The van der Waals surface area contributed by atoms with E-state index >= 15 is 0 Å². The van der Waals surface area contributed by atoms with Crippen molar-refractivity contribution < 1.29 is 0 Å². The Morgan fingerprint density at radius 1 is 1.71 bits per heavy atom. The summed E-state index contributed by atoms with van der Waals surface area (Å²) < 4.78 is 1.88. The van der Waals surface area contributed by atoms with E-state index in [0.29, 0.717) is 5.92 Å². The van der Waals surface area contributed by atoms with Crippen LogP contribution in [0.1, 0.15) is 6.42 Å². The maximum absolute atomic E-state index is 10.9. The van der Waals surface area contributed by atoms with E-state index in [1.807, 2.05) is 4.57 Å². The number of nitrogen functional groups attached to an aromatic ring is 1. The van der Waals surface area contributed by atoms with Gasteiger partial charge in [0.2, 0.25) is 0 Å². The lowest BCUT2D eigenvalue weighted by Crippen LogP contribution is -2.19. The number of hydrogen-bond acceptors (Lipinski definition) is 4. The summed E-state index contributed by atoms with van der Waals surface area (Å²) in [6, 6.07) is 0. The van der Waals surface area contributed by atoms with Gasteiger partial charge in [-0.2, -0.15) is 4.98 Å². The Balaban J connectivity index is 2.09. The molecule has 0 aliphatic carbocycles. The molecule has 5 heteroatoms. The monoisotopic (exact) mass is 194 g/mol. The Morgan fingerprint density at radius 3 is 3.21 bits per heavy atom. The van der Waals surface area contributed by atoms with E-state index < -0.39 is 0 Å². The van der Waals surface area contributed by atoms with Crippen molar-refractivity contribution in [3.8, 4) is 0 Å². The van der Waals surface area contributed by atoms with E-state index in [4.69, 9.17) is 5.73 Å². The Labute approximate surface area is 82.0 Å². The van der Waals surface area contributed by atoms with E-state index in [-0.39, 0.29) is 11.2 Å². The molecule has 0 aromatic carbocycles. The fourth-order valence-corrected chi connectivity index (χ4v) is 1.74. The third kappa shape index (κ3) is 1.93. The molecule has 2 rings (SSSR count). The molecule has 0 saturated carbocycles. The SMILES string of the molecule is Nc1cn(CC2CCNC2)cnc1=O. The zero-order chi connectivity index (χ0) is 9.97. The minimum absolute atomic E-state index is 0.221. The normalized spacial score (nSPS) is 21.3. The van der Waals surface area contributed by atoms with Crippen LogP contribution in [0, 0.1) is 5.92 Å². The second-order valence-electron chi connectivity index (χ2n) is 3.69. The van der Waals surface area contributed by atoms with Crippen molar-refractivity contribution in [1.82, 2.24) is 14.9 Å². The number of aromatic nitrogens is 2. The van der Waals surface area contributed by atoms with Gasteiger partial charge in [0.1, 0.15) is 5.69 Å². The van der Waals surface area contributed by atoms with Crippen molar-refractivity contribution >= 4 is 5.69 Å². The fraction of sp³-hybridized carbons (Fsp3) is 0.556. The predicted molar refractivity (Wildman–Crippen MR) is 53.9 cm³/mol. The van der Waals surface area contributed by atoms with Gasteiger partial charge in [0.05, 0.1) is 6.33 Å². The molecule has 1 atom stereocenters. The van der Waals surface area contributed by atoms with Crippen LogP contribution >= 0.6 is 0 Å². The van der Waals surface area contributed by atoms with Crippen LogP contribution in [0.2, 0.25) is 0 Å². The van der Waals surface area contributed by atoms with Crippen LogP contribution in [-0.2, 0) is 6.54 Å². The highest BCUT2D eigenvalue weighted by molar-refractivity contribution is 5.30. The Morgan fingerprint density at radius 2 is 2.57 bits per heavy atom. The number of nitrogens with one attached hydrogen (secondary N) is 1. The topological polar surface area (TPSA) is 72.9 Å². The summed E-state index contributed by atoms with van der Waals surface area (Å²) in [5.74, 6) is 0.624. The Bertz CT molecular complexity index is 367. The van der Waals surface area contributed by atoms with Crippen LogP contribution in [0.5, 0.6) is 0 Å². The van der Waals surface area contributed by atoms with E-state index in [9.17, 15) is 4.79 Å². The van der Waals surface area contributed by atoms with Crippen LogP contribution in [-0.4, -0.2) is 22.6 Å². The second-order valence-corrected chi connectivity index (χ2v) is 3.69. The van der Waals surface area contributed by atoms with Gasteiger partial charge >= 0.3 is 0 Å². The molecular formula is C9H14N4O. The average molecular weight is 194 g/mol. The van der Waals surface area contributed by atoms with Crippen molar-refractivity contribution in [2.45, 2.75) is 13.0 Å². The van der Waals surface area contributed by atoms with Crippen molar-refractivity contribution in [2.24, 2.45) is 5.92 Å². The number of hydrogen-bond donors (Lipinski definition) is 2. The lowest BCUT2D eigenvalue weighted by Gasteiger charge is -2.10. The van der Waals surface area contributed by atoms with Crippen molar-refractivity contribution in [3.05, 3.63) is 22.9 Å². The summed E-state index contributed by atoms with van der Waals surface area (Å²) in [5, 5.41) is 3.29. The summed E-state index contributed by atoms with van der Waals surface area (Å²) in [7, 11) is 0. The molecule has 0 radical (unpaired) electrons. The highest BCUT2D eigenvalue weighted by Gasteiger charge is 2.14. The molecule has 5 nitrogen and oxygen atoms in total. The van der Waals surface area contributed by atoms with Crippen LogP contribution in [0.4, 0.5) is 5.69 Å². The molecule has 1 fully saturated rings. The Kier molecular flexibility index (Phi) is 2.49. The molecule has 1 aliphatic rings. The zero-order valence-corrected chi connectivity index (χ0v) is 7.94. The van der Waals surface area contributed by atoms with E-state index in [0.717, 1.165) is 19.6 Å². The first-order valence-corrected chi connectivity index (χ1v) is 4.78. The van der Waals surface area contributed by atoms with Gasteiger partial charge in [0.25, 0.3) is 5.56 Å². The molecule has 14 heavy (non-hydrogen) atoms. The molecular weight excluding hydrogens is 180 g/mol. The minimum atomic E-state index is -0.342. The molecule has 2 heterocycles. The molecule has 0 bridgehead atoms. The average Bonchev–Trinajstić information content (AvgIpc) is 2.64. The third-order valence-electron chi connectivity index (χ3n) is 2.51. The fourth-order valence-electron chi connectivity index (χ4n) is 1.74. The Hall–Kier alpha value is -1.36. The minimum Gasteiger partial charge on any atom is -0.393 e. The number of nitrogens with two attached hydrogens (primary N) is 1. The van der Waals surface area contributed by atoms with Gasteiger partial charge in [-0.1, -0.05) is 0 Å². The first-order chi connectivity index (χ1) is 6.75. The molecule has 76 valence electrons. The third-order valence-corrected chi connectivity index (χ3v) is 2.51. The van der Waals surface area contributed by atoms with Crippen LogP contribution in [0.3, 0.4) is 0 Å². The van der Waals surface area contributed by atoms with Crippen LogP contribution < -0.4 is 16.6 Å². The zero-order valence-electron chi connectivity index (χ0n) is 7.94. The lowest BCUT2D eigenvalue weighted by molar-refractivity contribution is 0.476. The molecule has 1 aromatic heterocycles. The number of anilines is 1. The van der Waals surface area contributed by atoms with Crippen LogP contribution in [0.15, 0.2) is 17.3 Å². The van der Waals surface area contributed by atoms with Gasteiger partial charge in [0.15, 0.2) is 0 Å². The van der Waals surface area contributed by atoms with Crippen molar-refractivity contribution in [2.75, 3.05) is 18.8 Å². The van der Waals surface area contributed by atoms with Gasteiger partial charge in [-0.3, -0.25) is 4.79 Å². The molecule has 1 aromatic rings. The van der Waals surface area contributed by atoms with E-state index in [1.165, 1.54) is 6.42 Å². The summed E-state index contributed by atoms with van der Waals surface area (Å²) >= 11 is 0. The largest absolute Gasteiger partial charge is 0.393 e. The van der Waals surface area contributed by atoms with Gasteiger partial charge < -0.3 is 15.6 Å². The standard InChI is InChI=1S/C9H14N4O/c10-8-5-13(6-12-9(8)14)4-7-1-2-11-3-7/h5-7,11H,1-4,10H2. The molecule has 3 N–H and O–H groups in total. The first-order valence-electron chi connectivity index (χ1n) is 4.78. The quantitative estimate of drug-likeness (QED) is 0.661. The molecule has 1 saturated heterocycles. The van der Waals surface area contributed by atoms with Gasteiger partial charge in [-0.05, 0) is 25.4 Å². The highest BCUT2D eigenvalue weighted by atomic mass is 16.1. The maximum Gasteiger partial charge on any atom is 0.295 e. The number of rotatable bonds is 2. The van der Waals surface area contributed by atoms with Crippen LogP contribution in [0.25, 0.3) is 0 Å². The van der Waals surface area contributed by atoms with E-state index in [1.54, 1.807) is 12.5 Å². The molecule has 0 amide bonds. The first kappa shape index (κ1) is 9.21. The van der Waals surface area contributed by atoms with Gasteiger partial charge in [-0.25, -0.2) is 0 Å². The smallest absolute Gasteiger partial charge is 0.295 e. The molecule has 1 aliphatic heterocycles. The second kappa shape index (κ2) is 3.79. The molecule has 0 spiro atoms. The van der Waals surface area contributed by atoms with Crippen molar-refractivity contribution in [1.29, 1.82) is 0 Å². The highest BCUT2D eigenvalue weighted by Crippen LogP contribution is 2.09. The van der Waals surface area contributed by atoms with Crippen molar-refractivity contribution in [3.63, 3.8) is 0 Å². The maximum atomic E-state index is 10.9. The lowest BCUT2D eigenvalue weighted by atomic mass is 10.1. The predicted octanol–water partition coefficient (Wildman–Crippen LogP) is -0.565. The summed E-state index contributed by atoms with van der Waals surface area (Å²) in [6.45, 7) is 2.99. The number of nitrogens with zero attached hydrogens (tertiary/aromatic N) is 2. The summed E-state index contributed by atoms with van der Waals surface area (Å²) in [4.78, 5) is 14.6. The van der Waals surface area contributed by atoms with Gasteiger partial charge in [0, 0.05) is 12.7 Å². The van der Waals surface area contributed by atoms with Gasteiger partial charge in [-0.15, -0.1) is 0 Å².